The highest BCUT2D eigenvalue weighted by atomic mass is 19.1. The summed E-state index contributed by atoms with van der Waals surface area (Å²) >= 11 is 0. The zero-order valence-electron chi connectivity index (χ0n) is 15.4. The Kier molecular flexibility index (Phi) is 5.12. The Balaban J connectivity index is 1.50. The van der Waals surface area contributed by atoms with Crippen molar-refractivity contribution >= 4 is 0 Å². The standard InChI is InChI=1S/C21H31FN2O/c1-23(15-17-6-3-2-4-7-17)19-8-11-21(10-5-13-25-21)14-20(19)24-12-9-18(22)16-24/h2-4,6-7,18-20H,5,8-16H2,1H3/t18-,19+,20+,21+/m0/s1. The van der Waals surface area contributed by atoms with Gasteiger partial charge >= 0.3 is 0 Å². The highest BCUT2D eigenvalue weighted by Gasteiger charge is 2.47. The molecular weight excluding hydrogens is 315 g/mol. The van der Waals surface area contributed by atoms with Crippen molar-refractivity contribution in [1.82, 2.24) is 9.80 Å². The minimum absolute atomic E-state index is 0.0726. The highest BCUT2D eigenvalue weighted by Crippen LogP contribution is 2.43. The second kappa shape index (κ2) is 7.34. The first-order valence-corrected chi connectivity index (χ1v) is 9.91. The van der Waals surface area contributed by atoms with Crippen LogP contribution in [0.25, 0.3) is 0 Å². The van der Waals surface area contributed by atoms with Crippen molar-refractivity contribution in [2.45, 2.75) is 68.9 Å². The normalized spacial score (nSPS) is 36.5. The molecule has 0 unspecified atom stereocenters. The molecular formula is C21H31FN2O. The van der Waals surface area contributed by atoms with Gasteiger partial charge in [-0.05, 0) is 51.1 Å². The molecule has 2 saturated heterocycles. The van der Waals surface area contributed by atoms with Crippen LogP contribution in [0.2, 0.25) is 0 Å². The van der Waals surface area contributed by atoms with E-state index in [0.717, 1.165) is 39.0 Å². The fraction of sp³-hybridized carbons (Fsp3) is 0.714. The number of hydrogen-bond acceptors (Lipinski definition) is 3. The van der Waals surface area contributed by atoms with E-state index in [1.54, 1.807) is 0 Å². The molecule has 3 nitrogen and oxygen atoms in total. The van der Waals surface area contributed by atoms with Crippen molar-refractivity contribution in [1.29, 1.82) is 0 Å². The van der Waals surface area contributed by atoms with Crippen molar-refractivity contribution in [2.75, 3.05) is 26.7 Å². The van der Waals surface area contributed by atoms with E-state index in [-0.39, 0.29) is 5.60 Å². The van der Waals surface area contributed by atoms with Crippen LogP contribution in [0.15, 0.2) is 30.3 Å². The fourth-order valence-electron chi connectivity index (χ4n) is 5.26. The maximum atomic E-state index is 13.9. The SMILES string of the molecule is CN(Cc1ccccc1)[C@@H]1CC[C@]2(CCCO2)C[C@H]1N1CC[C@H](F)C1. The van der Waals surface area contributed by atoms with Crippen molar-refractivity contribution in [3.63, 3.8) is 0 Å². The molecule has 4 rings (SSSR count). The summed E-state index contributed by atoms with van der Waals surface area (Å²) in [5.41, 5.74) is 1.43. The summed E-state index contributed by atoms with van der Waals surface area (Å²) in [7, 11) is 2.24. The summed E-state index contributed by atoms with van der Waals surface area (Å²) in [6, 6.07) is 11.6. The lowest BCUT2D eigenvalue weighted by atomic mass is 9.76. The third-order valence-corrected chi connectivity index (χ3v) is 6.58. The predicted molar refractivity (Wildman–Crippen MR) is 98.3 cm³/mol. The van der Waals surface area contributed by atoms with Gasteiger partial charge in [-0.15, -0.1) is 0 Å². The van der Waals surface area contributed by atoms with Crippen LogP contribution in [0.3, 0.4) is 0 Å². The van der Waals surface area contributed by atoms with Crippen molar-refractivity contribution in [2.24, 2.45) is 0 Å². The second-order valence-corrected chi connectivity index (χ2v) is 8.29. The zero-order valence-corrected chi connectivity index (χ0v) is 15.4. The van der Waals surface area contributed by atoms with Gasteiger partial charge in [-0.3, -0.25) is 9.80 Å². The Bertz CT molecular complexity index is 560. The average molecular weight is 346 g/mol. The molecule has 2 aliphatic heterocycles. The van der Waals surface area contributed by atoms with E-state index < -0.39 is 6.17 Å². The molecule has 4 heteroatoms. The van der Waals surface area contributed by atoms with Crippen LogP contribution in [0.4, 0.5) is 4.39 Å². The summed E-state index contributed by atoms with van der Waals surface area (Å²) in [5, 5.41) is 0. The van der Waals surface area contributed by atoms with E-state index in [1.165, 1.54) is 18.4 Å². The third kappa shape index (κ3) is 3.76. The monoisotopic (exact) mass is 346 g/mol. The largest absolute Gasteiger partial charge is 0.375 e. The summed E-state index contributed by atoms with van der Waals surface area (Å²) < 4.78 is 20.1. The number of rotatable bonds is 4. The minimum Gasteiger partial charge on any atom is -0.375 e. The highest BCUT2D eigenvalue weighted by molar-refractivity contribution is 5.15. The van der Waals surface area contributed by atoms with E-state index in [2.05, 4.69) is 47.2 Å². The molecule has 0 N–H and O–H groups in total. The number of nitrogens with zero attached hydrogens (tertiary/aromatic N) is 2. The Hall–Kier alpha value is -0.970. The van der Waals surface area contributed by atoms with E-state index in [4.69, 9.17) is 4.74 Å². The molecule has 2 heterocycles. The Morgan fingerprint density at radius 3 is 2.76 bits per heavy atom. The maximum absolute atomic E-state index is 13.9. The third-order valence-electron chi connectivity index (χ3n) is 6.58. The van der Waals surface area contributed by atoms with Gasteiger partial charge in [0.1, 0.15) is 6.17 Å². The van der Waals surface area contributed by atoms with Gasteiger partial charge in [0.15, 0.2) is 0 Å². The molecule has 0 radical (unpaired) electrons. The van der Waals surface area contributed by atoms with Gasteiger partial charge in [-0.25, -0.2) is 4.39 Å². The van der Waals surface area contributed by atoms with Gasteiger partial charge in [-0.1, -0.05) is 30.3 Å². The molecule has 1 spiro atoms. The molecule has 3 fully saturated rings. The molecule has 4 atom stereocenters. The molecule has 0 aromatic heterocycles. The van der Waals surface area contributed by atoms with Gasteiger partial charge in [0.2, 0.25) is 0 Å². The lowest BCUT2D eigenvalue weighted by Crippen LogP contribution is -2.57. The van der Waals surface area contributed by atoms with Gasteiger partial charge < -0.3 is 4.74 Å². The number of likely N-dealkylation sites (N-methyl/N-ethyl adjacent to an activating group) is 1. The number of ether oxygens (including phenoxy) is 1. The molecule has 1 aromatic carbocycles. The summed E-state index contributed by atoms with van der Waals surface area (Å²) in [5.74, 6) is 0. The number of likely N-dealkylation sites (tertiary alicyclic amines) is 1. The quantitative estimate of drug-likeness (QED) is 0.828. The predicted octanol–water partition coefficient (Wildman–Crippen LogP) is 3.63. The van der Waals surface area contributed by atoms with Crippen LogP contribution in [0, 0.1) is 0 Å². The Morgan fingerprint density at radius 1 is 1.24 bits per heavy atom. The molecule has 138 valence electrons. The number of benzene rings is 1. The molecule has 25 heavy (non-hydrogen) atoms. The van der Waals surface area contributed by atoms with Crippen LogP contribution < -0.4 is 0 Å². The summed E-state index contributed by atoms with van der Waals surface area (Å²) in [6.07, 6.45) is 5.79. The summed E-state index contributed by atoms with van der Waals surface area (Å²) in [6.45, 7) is 3.37. The maximum Gasteiger partial charge on any atom is 0.114 e. The molecule has 1 aliphatic carbocycles. The van der Waals surface area contributed by atoms with Crippen molar-refractivity contribution in [3.05, 3.63) is 35.9 Å². The van der Waals surface area contributed by atoms with E-state index in [9.17, 15) is 4.39 Å². The first-order valence-electron chi connectivity index (χ1n) is 9.91. The molecule has 1 saturated carbocycles. The topological polar surface area (TPSA) is 15.7 Å². The molecule has 0 amide bonds. The first kappa shape index (κ1) is 17.4. The van der Waals surface area contributed by atoms with Gasteiger partial charge in [0.05, 0.1) is 5.60 Å². The van der Waals surface area contributed by atoms with Crippen LogP contribution in [-0.4, -0.2) is 60.4 Å². The van der Waals surface area contributed by atoms with Gasteiger partial charge in [0, 0.05) is 38.3 Å². The Labute approximate surface area is 151 Å². The van der Waals surface area contributed by atoms with Crippen molar-refractivity contribution in [3.8, 4) is 0 Å². The second-order valence-electron chi connectivity index (χ2n) is 8.29. The van der Waals surface area contributed by atoms with E-state index in [0.29, 0.717) is 25.0 Å². The minimum atomic E-state index is -0.651. The van der Waals surface area contributed by atoms with Crippen LogP contribution in [0.5, 0.6) is 0 Å². The van der Waals surface area contributed by atoms with Crippen LogP contribution in [0.1, 0.15) is 44.1 Å². The number of alkyl halides is 1. The smallest absolute Gasteiger partial charge is 0.114 e. The Morgan fingerprint density at radius 2 is 2.08 bits per heavy atom. The lowest BCUT2D eigenvalue weighted by Gasteiger charge is -2.48. The number of hydrogen-bond donors (Lipinski definition) is 0. The molecule has 3 aliphatic rings. The first-order chi connectivity index (χ1) is 12.2. The molecule has 0 bridgehead atoms. The van der Waals surface area contributed by atoms with Crippen molar-refractivity contribution < 1.29 is 9.13 Å². The average Bonchev–Trinajstić information content (AvgIpc) is 3.25. The fourth-order valence-corrected chi connectivity index (χ4v) is 5.26. The zero-order chi connectivity index (χ0) is 17.3. The summed E-state index contributed by atoms with van der Waals surface area (Å²) in [4.78, 5) is 4.91. The van der Waals surface area contributed by atoms with Crippen LogP contribution in [-0.2, 0) is 11.3 Å². The van der Waals surface area contributed by atoms with Crippen LogP contribution >= 0.6 is 0 Å². The van der Waals surface area contributed by atoms with Gasteiger partial charge in [-0.2, -0.15) is 0 Å². The molecule has 1 aromatic rings. The van der Waals surface area contributed by atoms with E-state index >= 15 is 0 Å². The number of halogens is 1. The lowest BCUT2D eigenvalue weighted by molar-refractivity contribution is -0.0738. The van der Waals surface area contributed by atoms with E-state index in [1.807, 2.05) is 0 Å². The van der Waals surface area contributed by atoms with Gasteiger partial charge in [0.25, 0.3) is 0 Å².